The van der Waals surface area contributed by atoms with Crippen LogP contribution in [0, 0.1) is 0 Å². The van der Waals surface area contributed by atoms with E-state index in [4.69, 9.17) is 19.2 Å². The van der Waals surface area contributed by atoms with Crippen molar-refractivity contribution in [3.63, 3.8) is 0 Å². The molecule has 8 heavy (non-hydrogen) atoms. The topological polar surface area (TPSA) is 113 Å². The summed E-state index contributed by atoms with van der Waals surface area (Å²) in [6.45, 7) is 0. The third kappa shape index (κ3) is 170000. The Morgan fingerprint density at radius 2 is 1.50 bits per heavy atom. The van der Waals surface area contributed by atoms with Crippen molar-refractivity contribution >= 4 is 7.82 Å². The summed E-state index contributed by atoms with van der Waals surface area (Å²) < 4.78 is 8.88. The van der Waals surface area contributed by atoms with Crippen LogP contribution in [0.1, 0.15) is 0 Å². The molecule has 0 radical (unpaired) electrons. The maximum absolute atomic E-state index is 8.88. The molecular formula is CH8NO5P. The third-order valence-electron chi connectivity index (χ3n) is 0. The van der Waals surface area contributed by atoms with E-state index in [9.17, 15) is 0 Å². The molecule has 0 aromatic heterocycles. The van der Waals surface area contributed by atoms with Gasteiger partial charge in [0.25, 0.3) is 0 Å². The van der Waals surface area contributed by atoms with E-state index in [-0.39, 0.29) is 0 Å². The Labute approximate surface area is 46.1 Å². The molecule has 0 aromatic carbocycles. The van der Waals surface area contributed by atoms with E-state index in [1.165, 1.54) is 7.11 Å². The van der Waals surface area contributed by atoms with Crippen molar-refractivity contribution in [2.45, 2.75) is 0 Å². The van der Waals surface area contributed by atoms with Crippen molar-refractivity contribution < 1.29 is 24.1 Å². The maximum Gasteiger partial charge on any atom is 0.466 e. The molecule has 52 valence electrons. The van der Waals surface area contributed by atoms with E-state index in [1.54, 1.807) is 0 Å². The summed E-state index contributed by atoms with van der Waals surface area (Å²) in [6, 6.07) is 0. The first-order chi connectivity index (χ1) is 3.41. The maximum atomic E-state index is 8.88. The molecule has 0 heterocycles. The molecule has 0 bridgehead atoms. The second kappa shape index (κ2) is 5.17. The standard InChI is InChI=1S/CH5NO.H3O4P/c1-3-2;1-5(2,3)4/h2H2,1H3;(H3,1,2,3,4). The van der Waals surface area contributed by atoms with Gasteiger partial charge in [0.15, 0.2) is 0 Å². The zero-order valence-corrected chi connectivity index (χ0v) is 5.08. The van der Waals surface area contributed by atoms with E-state index in [1.807, 2.05) is 0 Å². The third-order valence-corrected chi connectivity index (χ3v) is 0. The van der Waals surface area contributed by atoms with Crippen LogP contribution < -0.4 is 5.90 Å². The fourth-order valence-corrected chi connectivity index (χ4v) is 0. The van der Waals surface area contributed by atoms with Crippen LogP contribution in [0.15, 0.2) is 0 Å². The molecule has 0 amide bonds. The molecule has 0 rings (SSSR count). The molecule has 0 aliphatic heterocycles. The van der Waals surface area contributed by atoms with Crippen LogP contribution in [-0.2, 0) is 9.40 Å². The number of hydrogen-bond acceptors (Lipinski definition) is 3. The zero-order chi connectivity index (χ0) is 7.21. The normalized spacial score (nSPS) is 9.62. The molecule has 0 saturated heterocycles. The van der Waals surface area contributed by atoms with Gasteiger partial charge in [-0.3, -0.25) is 0 Å². The van der Waals surface area contributed by atoms with Crippen LogP contribution in [0.3, 0.4) is 0 Å². The molecular weight excluding hydrogens is 137 g/mol. The van der Waals surface area contributed by atoms with Gasteiger partial charge >= 0.3 is 7.82 Å². The molecule has 0 aromatic rings. The van der Waals surface area contributed by atoms with E-state index < -0.39 is 7.82 Å². The van der Waals surface area contributed by atoms with E-state index in [0.29, 0.717) is 0 Å². The van der Waals surface area contributed by atoms with E-state index in [2.05, 4.69) is 10.7 Å². The lowest BCUT2D eigenvalue weighted by atomic mass is 11.7. The Morgan fingerprint density at radius 1 is 1.50 bits per heavy atom. The summed E-state index contributed by atoms with van der Waals surface area (Å²) >= 11 is 0. The van der Waals surface area contributed by atoms with Gasteiger partial charge in [-0.25, -0.2) is 10.5 Å². The van der Waals surface area contributed by atoms with Crippen LogP contribution >= 0.6 is 7.82 Å². The molecule has 0 atom stereocenters. The molecule has 0 fully saturated rings. The Kier molecular flexibility index (Phi) is 7.06. The molecule has 5 N–H and O–H groups in total. The van der Waals surface area contributed by atoms with Gasteiger partial charge in [0.1, 0.15) is 0 Å². The minimum Gasteiger partial charge on any atom is -0.308 e. The summed E-state index contributed by atoms with van der Waals surface area (Å²) in [5.74, 6) is 4.35. The van der Waals surface area contributed by atoms with Gasteiger partial charge in [-0.2, -0.15) is 0 Å². The lowest BCUT2D eigenvalue weighted by Crippen LogP contribution is -1.86. The van der Waals surface area contributed by atoms with Gasteiger partial charge in [0.05, 0.1) is 7.11 Å². The van der Waals surface area contributed by atoms with Crippen molar-refractivity contribution in [2.75, 3.05) is 7.11 Å². The summed E-state index contributed by atoms with van der Waals surface area (Å²) in [5, 5.41) is 0. The first-order valence-corrected chi connectivity index (χ1v) is 2.99. The van der Waals surface area contributed by atoms with Crippen LogP contribution in [-0.4, -0.2) is 21.8 Å². The Hall–Kier alpha value is 0.0300. The van der Waals surface area contributed by atoms with Crippen LogP contribution in [0.5, 0.6) is 0 Å². The van der Waals surface area contributed by atoms with Gasteiger partial charge in [0.2, 0.25) is 0 Å². The highest BCUT2D eigenvalue weighted by Crippen LogP contribution is 2.25. The Bertz CT molecular complexity index is 68.2. The molecule has 0 spiro atoms. The monoisotopic (exact) mass is 145 g/mol. The summed E-state index contributed by atoms with van der Waals surface area (Å²) in [7, 11) is -3.24. The predicted molar refractivity (Wildman–Crippen MR) is 25.5 cm³/mol. The minimum absolute atomic E-state index is 1.40. The highest BCUT2D eigenvalue weighted by Gasteiger charge is 2.00. The van der Waals surface area contributed by atoms with Gasteiger partial charge in [0, 0.05) is 0 Å². The van der Waals surface area contributed by atoms with Gasteiger partial charge in [-0.15, -0.1) is 0 Å². The Balaban J connectivity index is 0. The molecule has 7 heteroatoms. The average Bonchev–Trinajstić information content (AvgIpc) is 1.27. The predicted octanol–water partition coefficient (Wildman–Crippen LogP) is -1.42. The molecule has 0 saturated carbocycles. The van der Waals surface area contributed by atoms with Crippen molar-refractivity contribution in [1.82, 2.24) is 0 Å². The van der Waals surface area contributed by atoms with E-state index in [0.717, 1.165) is 0 Å². The fraction of sp³-hybridized carbons (Fsp3) is 1.00. The first kappa shape index (κ1) is 10.9. The van der Waals surface area contributed by atoms with Crippen molar-refractivity contribution in [3.8, 4) is 0 Å². The second-order valence-corrected chi connectivity index (χ2v) is 1.78. The van der Waals surface area contributed by atoms with Crippen molar-refractivity contribution in [1.29, 1.82) is 0 Å². The largest absolute Gasteiger partial charge is 0.466 e. The molecule has 0 unspecified atom stereocenters. The van der Waals surface area contributed by atoms with Crippen molar-refractivity contribution in [2.24, 2.45) is 5.90 Å². The molecule has 6 nitrogen and oxygen atoms in total. The van der Waals surface area contributed by atoms with Gasteiger partial charge in [-0.05, 0) is 0 Å². The molecule has 0 aliphatic rings. The highest BCUT2D eigenvalue weighted by atomic mass is 31.2. The fourth-order valence-electron chi connectivity index (χ4n) is 0. The van der Waals surface area contributed by atoms with Gasteiger partial charge in [-0.1, -0.05) is 0 Å². The minimum atomic E-state index is -4.64. The number of rotatable bonds is 0. The average molecular weight is 145 g/mol. The highest BCUT2D eigenvalue weighted by molar-refractivity contribution is 7.45. The smallest absolute Gasteiger partial charge is 0.308 e. The lowest BCUT2D eigenvalue weighted by Gasteiger charge is -1.82. The van der Waals surface area contributed by atoms with Crippen LogP contribution in [0.4, 0.5) is 0 Å². The van der Waals surface area contributed by atoms with Crippen LogP contribution in [0.25, 0.3) is 0 Å². The molecule has 0 aliphatic carbocycles. The zero-order valence-electron chi connectivity index (χ0n) is 4.18. The van der Waals surface area contributed by atoms with Crippen molar-refractivity contribution in [3.05, 3.63) is 0 Å². The number of nitrogens with two attached hydrogens (primary N) is 1. The SMILES string of the molecule is CON.O=P(O)(O)O. The first-order valence-electron chi connectivity index (χ1n) is 1.43. The lowest BCUT2D eigenvalue weighted by molar-refractivity contribution is 0.206. The van der Waals surface area contributed by atoms with E-state index >= 15 is 0 Å². The second-order valence-electron chi connectivity index (χ2n) is 0.749. The van der Waals surface area contributed by atoms with Crippen LogP contribution in [0.2, 0.25) is 0 Å². The number of hydrogen-bond donors (Lipinski definition) is 4. The van der Waals surface area contributed by atoms with Gasteiger partial charge < -0.3 is 19.5 Å². The summed E-state index contributed by atoms with van der Waals surface area (Å²) in [6.07, 6.45) is 0. The quantitative estimate of drug-likeness (QED) is 0.245. The summed E-state index contributed by atoms with van der Waals surface area (Å²) in [5.41, 5.74) is 0. The summed E-state index contributed by atoms with van der Waals surface area (Å²) in [4.78, 5) is 25.3. The Morgan fingerprint density at radius 3 is 1.50 bits per heavy atom. The number of phosphoric acid groups is 1.